The van der Waals surface area contributed by atoms with E-state index in [1.54, 1.807) is 12.3 Å². The Kier molecular flexibility index (Phi) is 4.04. The molecule has 1 heterocycles. The second-order valence-corrected chi connectivity index (χ2v) is 3.18. The van der Waals surface area contributed by atoms with Crippen molar-refractivity contribution in [2.75, 3.05) is 0 Å². The molecule has 0 saturated heterocycles. The van der Waals surface area contributed by atoms with Gasteiger partial charge in [0.2, 0.25) is 0 Å². The smallest absolute Gasteiger partial charge is 0.258 e. The van der Waals surface area contributed by atoms with E-state index in [1.807, 2.05) is 0 Å². The van der Waals surface area contributed by atoms with Gasteiger partial charge in [0.05, 0.1) is 4.92 Å². The molecule has 0 saturated carbocycles. The number of rotatable bonds is 5. The minimum absolute atomic E-state index is 0.142. The van der Waals surface area contributed by atoms with Gasteiger partial charge < -0.3 is 0 Å². The molecule has 0 fully saturated rings. The summed E-state index contributed by atoms with van der Waals surface area (Å²) in [6, 6.07) is 3.11. The van der Waals surface area contributed by atoms with Crippen molar-refractivity contribution in [3.63, 3.8) is 0 Å². The Morgan fingerprint density at radius 1 is 1.50 bits per heavy atom. The van der Waals surface area contributed by atoms with Crippen LogP contribution in [-0.2, 0) is 6.42 Å². The van der Waals surface area contributed by atoms with Crippen molar-refractivity contribution in [2.24, 2.45) is 0 Å². The highest BCUT2D eigenvalue weighted by atomic mass is 16.6. The Bertz CT molecular complexity index is 313. The molecule has 0 aliphatic carbocycles. The van der Waals surface area contributed by atoms with Crippen LogP contribution < -0.4 is 0 Å². The van der Waals surface area contributed by atoms with E-state index in [0.29, 0.717) is 12.1 Å². The molecule has 0 amide bonds. The van der Waals surface area contributed by atoms with Crippen LogP contribution in [0.1, 0.15) is 31.9 Å². The van der Waals surface area contributed by atoms with E-state index in [4.69, 9.17) is 0 Å². The van der Waals surface area contributed by atoms with Gasteiger partial charge in [0.25, 0.3) is 5.69 Å². The highest BCUT2D eigenvalue weighted by Crippen LogP contribution is 2.17. The van der Waals surface area contributed by atoms with E-state index >= 15 is 0 Å². The largest absolute Gasteiger partial charge is 0.290 e. The highest BCUT2D eigenvalue weighted by Gasteiger charge is 2.12. The lowest BCUT2D eigenvalue weighted by atomic mass is 10.1. The summed E-state index contributed by atoms with van der Waals surface area (Å²) in [5.41, 5.74) is 0.745. The maximum absolute atomic E-state index is 10.6. The first-order chi connectivity index (χ1) is 6.75. The van der Waals surface area contributed by atoms with Gasteiger partial charge in [0.1, 0.15) is 5.69 Å². The fourth-order valence-corrected chi connectivity index (χ4v) is 1.33. The third-order valence-electron chi connectivity index (χ3n) is 2.08. The summed E-state index contributed by atoms with van der Waals surface area (Å²) in [6.07, 6.45) is 5.47. The monoisotopic (exact) mass is 194 g/mol. The molecule has 1 rings (SSSR count). The van der Waals surface area contributed by atoms with Crippen molar-refractivity contribution in [1.29, 1.82) is 0 Å². The van der Waals surface area contributed by atoms with Crippen molar-refractivity contribution in [2.45, 2.75) is 32.6 Å². The summed E-state index contributed by atoms with van der Waals surface area (Å²) in [7, 11) is 0. The number of hydrogen-bond donors (Lipinski definition) is 0. The fourth-order valence-electron chi connectivity index (χ4n) is 1.33. The fraction of sp³-hybridized carbons (Fsp3) is 0.500. The normalized spacial score (nSPS) is 10.1. The van der Waals surface area contributed by atoms with E-state index in [9.17, 15) is 10.1 Å². The van der Waals surface area contributed by atoms with Crippen LogP contribution in [0.4, 0.5) is 5.69 Å². The standard InChI is InChI=1S/C10H14N2O2/c1-2-3-4-6-9-10(12(13)14)7-5-8-11-9/h5,7-8H,2-4,6H2,1H3. The Labute approximate surface area is 83.1 Å². The molecule has 0 aliphatic heterocycles. The summed E-state index contributed by atoms with van der Waals surface area (Å²) in [5, 5.41) is 10.6. The SMILES string of the molecule is CCCCCc1ncccc1[N+](=O)[O-]. The van der Waals surface area contributed by atoms with Crippen LogP contribution in [0.5, 0.6) is 0 Å². The summed E-state index contributed by atoms with van der Waals surface area (Å²) in [5.74, 6) is 0. The molecular weight excluding hydrogens is 180 g/mol. The molecule has 0 aromatic carbocycles. The maximum Gasteiger partial charge on any atom is 0.290 e. The molecule has 0 bridgehead atoms. The molecular formula is C10H14N2O2. The summed E-state index contributed by atoms with van der Waals surface area (Å²) >= 11 is 0. The molecule has 0 aliphatic rings. The van der Waals surface area contributed by atoms with Crippen LogP contribution in [0.25, 0.3) is 0 Å². The molecule has 0 N–H and O–H groups in total. The molecule has 0 radical (unpaired) electrons. The lowest BCUT2D eigenvalue weighted by Gasteiger charge is -2.00. The predicted octanol–water partition coefficient (Wildman–Crippen LogP) is 2.72. The topological polar surface area (TPSA) is 56.0 Å². The van der Waals surface area contributed by atoms with Gasteiger partial charge in [-0.3, -0.25) is 15.1 Å². The van der Waals surface area contributed by atoms with Crippen molar-refractivity contribution in [3.8, 4) is 0 Å². The average Bonchev–Trinajstić information content (AvgIpc) is 2.19. The Hall–Kier alpha value is -1.45. The van der Waals surface area contributed by atoms with Crippen molar-refractivity contribution in [3.05, 3.63) is 34.1 Å². The van der Waals surface area contributed by atoms with Crippen molar-refractivity contribution in [1.82, 2.24) is 4.98 Å². The summed E-state index contributed by atoms with van der Waals surface area (Å²) in [4.78, 5) is 14.3. The summed E-state index contributed by atoms with van der Waals surface area (Å²) < 4.78 is 0. The number of nitrogens with zero attached hydrogens (tertiary/aromatic N) is 2. The number of aryl methyl sites for hydroxylation is 1. The minimum atomic E-state index is -0.367. The van der Waals surface area contributed by atoms with Gasteiger partial charge in [-0.25, -0.2) is 0 Å². The number of nitro groups is 1. The van der Waals surface area contributed by atoms with Gasteiger partial charge in [0.15, 0.2) is 0 Å². The van der Waals surface area contributed by atoms with Gasteiger partial charge >= 0.3 is 0 Å². The van der Waals surface area contributed by atoms with Crippen molar-refractivity contribution < 1.29 is 4.92 Å². The molecule has 0 atom stereocenters. The maximum atomic E-state index is 10.6. The van der Waals surface area contributed by atoms with Gasteiger partial charge in [-0.1, -0.05) is 19.8 Å². The number of hydrogen-bond acceptors (Lipinski definition) is 3. The Morgan fingerprint density at radius 2 is 2.29 bits per heavy atom. The van der Waals surface area contributed by atoms with Crippen LogP contribution in [0.2, 0.25) is 0 Å². The van der Waals surface area contributed by atoms with Crippen LogP contribution >= 0.6 is 0 Å². The minimum Gasteiger partial charge on any atom is -0.258 e. The molecule has 1 aromatic heterocycles. The third kappa shape index (κ3) is 2.80. The average molecular weight is 194 g/mol. The second kappa shape index (κ2) is 5.32. The molecule has 4 heteroatoms. The first-order valence-electron chi connectivity index (χ1n) is 4.84. The number of pyridine rings is 1. The van der Waals surface area contributed by atoms with Gasteiger partial charge in [-0.2, -0.15) is 0 Å². The predicted molar refractivity (Wildman–Crippen MR) is 54.1 cm³/mol. The van der Waals surface area contributed by atoms with E-state index in [0.717, 1.165) is 19.3 Å². The number of aromatic nitrogens is 1. The van der Waals surface area contributed by atoms with Crippen molar-refractivity contribution >= 4 is 5.69 Å². The van der Waals surface area contributed by atoms with E-state index in [2.05, 4.69) is 11.9 Å². The molecule has 76 valence electrons. The van der Waals surface area contributed by atoms with E-state index < -0.39 is 0 Å². The van der Waals surface area contributed by atoms with Gasteiger partial charge in [-0.15, -0.1) is 0 Å². The lowest BCUT2D eigenvalue weighted by Crippen LogP contribution is -1.98. The first kappa shape index (κ1) is 10.6. The molecule has 4 nitrogen and oxygen atoms in total. The highest BCUT2D eigenvalue weighted by molar-refractivity contribution is 5.34. The quantitative estimate of drug-likeness (QED) is 0.411. The zero-order valence-electron chi connectivity index (χ0n) is 8.27. The van der Waals surface area contributed by atoms with E-state index in [1.165, 1.54) is 6.07 Å². The Morgan fingerprint density at radius 3 is 2.93 bits per heavy atom. The second-order valence-electron chi connectivity index (χ2n) is 3.18. The third-order valence-corrected chi connectivity index (χ3v) is 2.08. The van der Waals surface area contributed by atoms with Crippen LogP contribution in [-0.4, -0.2) is 9.91 Å². The first-order valence-corrected chi connectivity index (χ1v) is 4.84. The molecule has 0 spiro atoms. The molecule has 0 unspecified atom stereocenters. The molecule has 1 aromatic rings. The molecule has 14 heavy (non-hydrogen) atoms. The Balaban J connectivity index is 2.69. The van der Waals surface area contributed by atoms with Crippen LogP contribution in [0.3, 0.4) is 0 Å². The van der Waals surface area contributed by atoms with Crippen LogP contribution in [0, 0.1) is 10.1 Å². The van der Waals surface area contributed by atoms with Crippen LogP contribution in [0.15, 0.2) is 18.3 Å². The van der Waals surface area contributed by atoms with E-state index in [-0.39, 0.29) is 10.6 Å². The lowest BCUT2D eigenvalue weighted by molar-refractivity contribution is -0.385. The van der Waals surface area contributed by atoms with Gasteiger partial charge in [-0.05, 0) is 18.9 Å². The zero-order chi connectivity index (χ0) is 10.4. The number of unbranched alkanes of at least 4 members (excludes halogenated alkanes) is 2. The summed E-state index contributed by atoms with van der Waals surface area (Å²) in [6.45, 7) is 2.10. The van der Waals surface area contributed by atoms with Gasteiger partial charge in [0, 0.05) is 12.3 Å². The zero-order valence-corrected chi connectivity index (χ0v) is 8.27.